The van der Waals surface area contributed by atoms with Gasteiger partial charge >= 0.3 is 0 Å². The third-order valence-electron chi connectivity index (χ3n) is 6.68. The van der Waals surface area contributed by atoms with Crippen molar-refractivity contribution in [2.45, 2.75) is 56.5 Å². The molecule has 3 aromatic rings. The Morgan fingerprint density at radius 3 is 2.32 bits per heavy atom. The largest absolute Gasteiger partial charge is 0.352 e. The third-order valence-corrected chi connectivity index (χ3v) is 8.54. The Bertz CT molecular complexity index is 1170. The van der Waals surface area contributed by atoms with E-state index in [1.165, 1.54) is 11.8 Å². The van der Waals surface area contributed by atoms with Crippen molar-refractivity contribution in [3.63, 3.8) is 0 Å². The highest BCUT2D eigenvalue weighted by molar-refractivity contribution is 9.10. The van der Waals surface area contributed by atoms with Crippen LogP contribution in [0.3, 0.4) is 0 Å². The molecule has 1 aliphatic carbocycles. The van der Waals surface area contributed by atoms with Crippen LogP contribution in [0.5, 0.6) is 0 Å². The van der Waals surface area contributed by atoms with E-state index in [2.05, 4.69) is 21.2 Å². The predicted octanol–water partition coefficient (Wildman–Crippen LogP) is 7.03. The van der Waals surface area contributed by atoms with Gasteiger partial charge in [-0.2, -0.15) is 0 Å². The highest BCUT2D eigenvalue weighted by Gasteiger charge is 2.32. The summed E-state index contributed by atoms with van der Waals surface area (Å²) in [5, 5.41) is 3.96. The molecule has 0 saturated heterocycles. The van der Waals surface area contributed by atoms with Gasteiger partial charge in [-0.05, 0) is 47.7 Å². The number of halogens is 2. The molecule has 2 amide bonds. The molecule has 194 valence electrons. The van der Waals surface area contributed by atoms with Crippen LogP contribution < -0.4 is 5.32 Å². The minimum absolute atomic E-state index is 0.0533. The van der Waals surface area contributed by atoms with Crippen LogP contribution in [0.4, 0.5) is 0 Å². The van der Waals surface area contributed by atoms with Gasteiger partial charge in [-0.1, -0.05) is 101 Å². The predicted molar refractivity (Wildman–Crippen MR) is 157 cm³/mol. The molecule has 1 atom stereocenters. The molecule has 0 radical (unpaired) electrons. The fourth-order valence-electron chi connectivity index (χ4n) is 4.65. The van der Waals surface area contributed by atoms with E-state index >= 15 is 0 Å². The number of benzene rings is 3. The number of rotatable bonds is 11. The SMILES string of the molecule is O=C(NC1CCCC1)[C@@H](Cc1ccccc1)N(Cc1ccc(Br)cc1)C(=O)CSCc1ccccc1Cl. The number of hydrogen-bond acceptors (Lipinski definition) is 3. The maximum Gasteiger partial charge on any atom is 0.243 e. The van der Waals surface area contributed by atoms with E-state index in [0.717, 1.165) is 46.8 Å². The molecule has 0 unspecified atom stereocenters. The van der Waals surface area contributed by atoms with Gasteiger partial charge < -0.3 is 10.2 Å². The molecule has 37 heavy (non-hydrogen) atoms. The zero-order chi connectivity index (χ0) is 26.0. The Kier molecular flexibility index (Phi) is 10.5. The molecule has 7 heteroatoms. The molecule has 1 N–H and O–H groups in total. The second-order valence-electron chi connectivity index (χ2n) is 9.43. The van der Waals surface area contributed by atoms with Gasteiger partial charge in [0.05, 0.1) is 5.75 Å². The van der Waals surface area contributed by atoms with Crippen LogP contribution in [0.15, 0.2) is 83.3 Å². The number of thioether (sulfide) groups is 1. The average molecular weight is 600 g/mol. The summed E-state index contributed by atoms with van der Waals surface area (Å²) in [7, 11) is 0. The van der Waals surface area contributed by atoms with E-state index in [9.17, 15) is 9.59 Å². The number of amides is 2. The summed E-state index contributed by atoms with van der Waals surface area (Å²) >= 11 is 11.3. The summed E-state index contributed by atoms with van der Waals surface area (Å²) in [5.41, 5.74) is 3.02. The number of hydrogen-bond donors (Lipinski definition) is 1. The second kappa shape index (κ2) is 14.0. The van der Waals surface area contributed by atoms with Crippen molar-refractivity contribution in [3.05, 3.63) is 105 Å². The van der Waals surface area contributed by atoms with Crippen LogP contribution in [0.25, 0.3) is 0 Å². The summed E-state index contributed by atoms with van der Waals surface area (Å²) in [4.78, 5) is 29.2. The molecule has 1 saturated carbocycles. The van der Waals surface area contributed by atoms with Crippen molar-refractivity contribution in [2.24, 2.45) is 0 Å². The van der Waals surface area contributed by atoms with E-state index in [0.29, 0.717) is 23.7 Å². The molecule has 1 aliphatic rings. The van der Waals surface area contributed by atoms with Crippen LogP contribution in [0.1, 0.15) is 42.4 Å². The molecule has 0 bridgehead atoms. The van der Waals surface area contributed by atoms with Gasteiger partial charge in [-0.15, -0.1) is 11.8 Å². The van der Waals surface area contributed by atoms with E-state index in [4.69, 9.17) is 11.6 Å². The van der Waals surface area contributed by atoms with Crippen LogP contribution in [0.2, 0.25) is 5.02 Å². The molecule has 4 nitrogen and oxygen atoms in total. The molecule has 0 heterocycles. The highest BCUT2D eigenvalue weighted by atomic mass is 79.9. The molecule has 3 aromatic carbocycles. The molecule has 1 fully saturated rings. The minimum atomic E-state index is -0.597. The van der Waals surface area contributed by atoms with Gasteiger partial charge in [0.1, 0.15) is 6.04 Å². The highest BCUT2D eigenvalue weighted by Crippen LogP contribution is 2.24. The summed E-state index contributed by atoms with van der Waals surface area (Å²) in [6, 6.07) is 25.2. The fourth-order valence-corrected chi connectivity index (χ4v) is 6.11. The monoisotopic (exact) mass is 598 g/mol. The maximum atomic E-state index is 13.7. The quantitative estimate of drug-likeness (QED) is 0.257. The van der Waals surface area contributed by atoms with Gasteiger partial charge in [0.15, 0.2) is 0 Å². The summed E-state index contributed by atoms with van der Waals surface area (Å²) in [5.74, 6) is 0.777. The normalized spacial score (nSPS) is 14.3. The van der Waals surface area contributed by atoms with Gasteiger partial charge in [-0.25, -0.2) is 0 Å². The topological polar surface area (TPSA) is 49.4 Å². The van der Waals surface area contributed by atoms with Crippen molar-refractivity contribution < 1.29 is 9.59 Å². The average Bonchev–Trinajstić information content (AvgIpc) is 3.42. The summed E-state index contributed by atoms with van der Waals surface area (Å²) in [6.07, 6.45) is 4.73. The van der Waals surface area contributed by atoms with Crippen molar-refractivity contribution >= 4 is 51.1 Å². The molecular formula is C30H32BrClN2O2S. The Hall–Kier alpha value is -2.28. The Balaban J connectivity index is 1.56. The second-order valence-corrected chi connectivity index (χ2v) is 11.7. The molecule has 0 aromatic heterocycles. The lowest BCUT2D eigenvalue weighted by Gasteiger charge is -2.32. The van der Waals surface area contributed by atoms with Gasteiger partial charge in [0.25, 0.3) is 0 Å². The zero-order valence-corrected chi connectivity index (χ0v) is 23.9. The van der Waals surface area contributed by atoms with Crippen molar-refractivity contribution in [1.29, 1.82) is 0 Å². The van der Waals surface area contributed by atoms with Gasteiger partial charge in [-0.3, -0.25) is 9.59 Å². The first-order valence-corrected chi connectivity index (χ1v) is 15.0. The lowest BCUT2D eigenvalue weighted by Crippen LogP contribution is -2.52. The molecule has 0 aliphatic heterocycles. The minimum Gasteiger partial charge on any atom is -0.352 e. The molecular weight excluding hydrogens is 568 g/mol. The number of nitrogens with one attached hydrogen (secondary N) is 1. The van der Waals surface area contributed by atoms with Gasteiger partial charge in [0, 0.05) is 34.3 Å². The van der Waals surface area contributed by atoms with E-state index in [1.54, 1.807) is 4.90 Å². The first kappa shape index (κ1) is 27.7. The van der Waals surface area contributed by atoms with E-state index in [1.807, 2.05) is 78.9 Å². The number of carbonyl (C=O) groups excluding carboxylic acids is 2. The van der Waals surface area contributed by atoms with Crippen LogP contribution in [-0.2, 0) is 28.3 Å². The van der Waals surface area contributed by atoms with Gasteiger partial charge in [0.2, 0.25) is 11.8 Å². The first-order valence-electron chi connectivity index (χ1n) is 12.7. The lowest BCUT2D eigenvalue weighted by atomic mass is 10.0. The van der Waals surface area contributed by atoms with E-state index < -0.39 is 6.04 Å². The summed E-state index contributed by atoms with van der Waals surface area (Å²) in [6.45, 7) is 0.369. The zero-order valence-electron chi connectivity index (χ0n) is 20.7. The Morgan fingerprint density at radius 1 is 0.946 bits per heavy atom. The molecule has 0 spiro atoms. The van der Waals surface area contributed by atoms with Crippen LogP contribution >= 0.6 is 39.3 Å². The third kappa shape index (κ3) is 8.36. The number of carbonyl (C=O) groups is 2. The van der Waals surface area contributed by atoms with E-state index in [-0.39, 0.29) is 23.6 Å². The number of nitrogens with zero attached hydrogens (tertiary/aromatic N) is 1. The van der Waals surface area contributed by atoms with Crippen molar-refractivity contribution in [2.75, 3.05) is 5.75 Å². The Labute approximate surface area is 237 Å². The standard InChI is InChI=1S/C30H32BrClN2O2S/c31-25-16-14-23(15-17-25)19-34(29(35)21-37-20-24-10-4-7-13-27(24)32)28(18-22-8-2-1-3-9-22)30(36)33-26-11-5-6-12-26/h1-4,7-10,13-17,26,28H,5-6,11-12,18-21H2,(H,33,36)/t28-/m1/s1. The van der Waals surface area contributed by atoms with Crippen LogP contribution in [-0.4, -0.2) is 34.6 Å². The fraction of sp³-hybridized carbons (Fsp3) is 0.333. The van der Waals surface area contributed by atoms with Crippen molar-refractivity contribution in [1.82, 2.24) is 10.2 Å². The lowest BCUT2D eigenvalue weighted by molar-refractivity contribution is -0.139. The van der Waals surface area contributed by atoms with Crippen LogP contribution in [0, 0.1) is 0 Å². The first-order chi connectivity index (χ1) is 18.0. The molecule has 4 rings (SSSR count). The Morgan fingerprint density at radius 2 is 1.62 bits per heavy atom. The smallest absolute Gasteiger partial charge is 0.243 e. The summed E-state index contributed by atoms with van der Waals surface area (Å²) < 4.78 is 0.976. The maximum absolute atomic E-state index is 13.7. The van der Waals surface area contributed by atoms with Crippen molar-refractivity contribution in [3.8, 4) is 0 Å².